The summed E-state index contributed by atoms with van der Waals surface area (Å²) in [7, 11) is -2.97. The minimum absolute atomic E-state index is 0.0427. The monoisotopic (exact) mass is 903 g/mol. The van der Waals surface area contributed by atoms with Crippen LogP contribution in [-0.2, 0) is 27.1 Å². The molecule has 2 saturated heterocycles. The van der Waals surface area contributed by atoms with Crippen molar-refractivity contribution >= 4 is 17.2 Å². The first kappa shape index (κ1) is 49.1. The van der Waals surface area contributed by atoms with Crippen LogP contribution in [-0.4, -0.2) is 36.6 Å². The lowest BCUT2D eigenvalue weighted by atomic mass is 9.51. The van der Waals surface area contributed by atoms with E-state index in [0.29, 0.717) is 59.2 Å². The third-order valence-corrected chi connectivity index (χ3v) is 22.7. The Hall–Kier alpha value is 0.620. The Morgan fingerprint density at radius 1 is 0.387 bits per heavy atom. The normalized spacial score (nSPS) is 45.1. The Morgan fingerprint density at radius 2 is 0.726 bits per heavy atom. The van der Waals surface area contributed by atoms with Gasteiger partial charge in [-0.25, -0.2) is 0 Å². The predicted octanol–water partition coefficient (Wildman–Crippen LogP) is 16.8. The van der Waals surface area contributed by atoms with Crippen LogP contribution in [0.5, 0.6) is 0 Å². The molecule has 6 nitrogen and oxygen atoms in total. The summed E-state index contributed by atoms with van der Waals surface area (Å²) in [5, 5.41) is 0. The second-order valence-electron chi connectivity index (χ2n) is 26.2. The molecular weight excluding hydrogens is 807 g/mol. The van der Waals surface area contributed by atoms with E-state index in [0.717, 1.165) is 32.1 Å². The number of rotatable bonds is 9. The minimum Gasteiger partial charge on any atom is -0.309 e. The molecule has 16 unspecified atom stereocenters. The van der Waals surface area contributed by atoms with Gasteiger partial charge >= 0.3 is 17.2 Å². The average Bonchev–Trinajstić information content (AvgIpc) is 3.50. The number of fused-ring (bicyclic) bond motifs is 6. The minimum atomic E-state index is -1.49. The van der Waals surface area contributed by atoms with Crippen molar-refractivity contribution in [1.82, 2.24) is 0 Å². The SMILES string of the molecule is CCC(C)(C)C1CC(C2CC(C(C)(C)C)CC(C(C)(C)C)C2OP2OC3CCCCC3C3CCCCC3O2)C(OP2OC3CCCCC3C3CCCCC3O2)C(C(C)(C)CC)C1. The van der Waals surface area contributed by atoms with Gasteiger partial charge in [-0.05, 0) is 158 Å². The molecule has 62 heavy (non-hydrogen) atoms. The fourth-order valence-corrected chi connectivity index (χ4v) is 18.3. The van der Waals surface area contributed by atoms with Gasteiger partial charge in [-0.1, -0.05) is 147 Å². The Morgan fingerprint density at radius 3 is 1.08 bits per heavy atom. The summed E-state index contributed by atoms with van der Waals surface area (Å²) >= 11 is 0. The van der Waals surface area contributed by atoms with Crippen LogP contribution in [0.2, 0.25) is 0 Å². The molecule has 8 heteroatoms. The molecule has 8 aliphatic rings. The zero-order chi connectivity index (χ0) is 44.2. The van der Waals surface area contributed by atoms with Crippen LogP contribution in [0.25, 0.3) is 0 Å². The van der Waals surface area contributed by atoms with E-state index >= 15 is 0 Å². The van der Waals surface area contributed by atoms with Gasteiger partial charge in [0.25, 0.3) is 0 Å². The van der Waals surface area contributed by atoms with Gasteiger partial charge in [-0.3, -0.25) is 0 Å². The first-order valence-corrected chi connectivity index (χ1v) is 29.2. The van der Waals surface area contributed by atoms with Crippen molar-refractivity contribution in [1.29, 1.82) is 0 Å². The Labute approximate surface area is 384 Å². The second-order valence-corrected chi connectivity index (χ2v) is 28.4. The molecule has 0 bridgehead atoms. The topological polar surface area (TPSA) is 55.4 Å². The standard InChI is InChI=1S/C54H96O6P2/c1-13-53(9,10)36-32-42(50(44(34-36)54(11,12)14-2)60-62-57-47-29-21-17-25-39(47)40-26-18-22-30-48(40)58-62)41-31-35(51(3,4)5)33-43(52(6,7)8)49(41)59-61-55-45-27-19-15-23-37(45)38-24-16-20-28-46(38)56-61/h35-50H,13-34H2,1-12H3. The summed E-state index contributed by atoms with van der Waals surface area (Å²) in [4.78, 5) is 0. The molecule has 0 aromatic carbocycles. The van der Waals surface area contributed by atoms with Crippen LogP contribution < -0.4 is 0 Å². The Balaban J connectivity index is 1.21. The highest BCUT2D eigenvalue weighted by molar-refractivity contribution is 7.42. The molecule has 0 amide bonds. The van der Waals surface area contributed by atoms with E-state index in [2.05, 4.69) is 83.1 Å². The second kappa shape index (κ2) is 19.9. The van der Waals surface area contributed by atoms with E-state index < -0.39 is 17.2 Å². The van der Waals surface area contributed by atoms with Crippen molar-refractivity contribution in [3.05, 3.63) is 0 Å². The first-order chi connectivity index (χ1) is 29.4. The highest BCUT2D eigenvalue weighted by atomic mass is 31.2. The molecule has 8 fully saturated rings. The van der Waals surface area contributed by atoms with E-state index in [-0.39, 0.29) is 58.3 Å². The highest BCUT2D eigenvalue weighted by Gasteiger charge is 2.58. The number of hydrogen-bond acceptors (Lipinski definition) is 6. The molecule has 358 valence electrons. The zero-order valence-electron chi connectivity index (χ0n) is 42.1. The zero-order valence-corrected chi connectivity index (χ0v) is 43.9. The van der Waals surface area contributed by atoms with Crippen molar-refractivity contribution in [2.45, 2.75) is 261 Å². The summed E-state index contributed by atoms with van der Waals surface area (Å²) in [5.74, 6) is 5.10. The van der Waals surface area contributed by atoms with E-state index in [1.165, 1.54) is 109 Å². The fourth-order valence-electron chi connectivity index (χ4n) is 15.0. The predicted molar refractivity (Wildman–Crippen MR) is 257 cm³/mol. The Kier molecular flexibility index (Phi) is 15.8. The van der Waals surface area contributed by atoms with Crippen LogP contribution in [0.1, 0.15) is 224 Å². The molecule has 2 heterocycles. The summed E-state index contributed by atoms with van der Waals surface area (Å²) in [6.45, 7) is 30.2. The smallest absolute Gasteiger partial charge is 0.309 e. The van der Waals surface area contributed by atoms with Crippen molar-refractivity contribution in [2.75, 3.05) is 0 Å². The van der Waals surface area contributed by atoms with Gasteiger partial charge < -0.3 is 27.1 Å². The highest BCUT2D eigenvalue weighted by Crippen LogP contribution is 2.65. The molecule has 8 rings (SSSR count). The lowest BCUT2D eigenvalue weighted by Gasteiger charge is -2.58. The third-order valence-electron chi connectivity index (χ3n) is 20.1. The van der Waals surface area contributed by atoms with Gasteiger partial charge in [0.05, 0.1) is 36.6 Å². The summed E-state index contributed by atoms with van der Waals surface area (Å²) < 4.78 is 45.0. The average molecular weight is 903 g/mol. The molecule has 0 radical (unpaired) electrons. The summed E-state index contributed by atoms with van der Waals surface area (Å²) in [5.41, 5.74) is 0.594. The van der Waals surface area contributed by atoms with Crippen molar-refractivity contribution in [2.24, 2.45) is 80.8 Å². The van der Waals surface area contributed by atoms with Crippen molar-refractivity contribution in [3.63, 3.8) is 0 Å². The van der Waals surface area contributed by atoms with E-state index in [9.17, 15) is 0 Å². The van der Waals surface area contributed by atoms with Gasteiger partial charge in [0.2, 0.25) is 0 Å². The van der Waals surface area contributed by atoms with Crippen LogP contribution >= 0.6 is 17.2 Å². The van der Waals surface area contributed by atoms with Gasteiger partial charge in [-0.15, -0.1) is 0 Å². The quantitative estimate of drug-likeness (QED) is 0.215. The molecule has 16 atom stereocenters. The molecule has 0 aromatic heterocycles. The number of hydrogen-bond donors (Lipinski definition) is 0. The maximum absolute atomic E-state index is 7.92. The van der Waals surface area contributed by atoms with Crippen LogP contribution in [0.15, 0.2) is 0 Å². The van der Waals surface area contributed by atoms with Crippen LogP contribution in [0.4, 0.5) is 0 Å². The lowest BCUT2D eigenvalue weighted by Crippen LogP contribution is -2.56. The van der Waals surface area contributed by atoms with E-state index in [4.69, 9.17) is 27.1 Å². The van der Waals surface area contributed by atoms with Crippen LogP contribution in [0, 0.1) is 80.8 Å². The third kappa shape index (κ3) is 10.6. The molecular formula is C54H96O6P2. The van der Waals surface area contributed by atoms with Gasteiger partial charge in [0, 0.05) is 0 Å². The van der Waals surface area contributed by atoms with Crippen molar-refractivity contribution in [3.8, 4) is 0 Å². The maximum atomic E-state index is 7.92. The maximum Gasteiger partial charge on any atom is 0.333 e. The molecule has 6 aliphatic carbocycles. The molecule has 6 saturated carbocycles. The first-order valence-electron chi connectivity index (χ1n) is 27.0. The summed E-state index contributed by atoms with van der Waals surface area (Å²) in [6, 6.07) is 0. The fraction of sp³-hybridized carbons (Fsp3) is 1.00. The lowest BCUT2D eigenvalue weighted by molar-refractivity contribution is -0.141. The van der Waals surface area contributed by atoms with Crippen molar-refractivity contribution < 1.29 is 27.1 Å². The van der Waals surface area contributed by atoms with Gasteiger partial charge in [0.15, 0.2) is 0 Å². The summed E-state index contributed by atoms with van der Waals surface area (Å²) in [6.07, 6.45) is 28.5. The van der Waals surface area contributed by atoms with Crippen LogP contribution in [0.3, 0.4) is 0 Å². The molecule has 0 N–H and O–H groups in total. The molecule has 2 aliphatic heterocycles. The Bertz CT molecular complexity index is 1390. The van der Waals surface area contributed by atoms with Gasteiger partial charge in [0.1, 0.15) is 0 Å². The van der Waals surface area contributed by atoms with E-state index in [1.54, 1.807) is 0 Å². The molecule has 0 spiro atoms. The van der Waals surface area contributed by atoms with E-state index in [1.807, 2.05) is 0 Å². The van der Waals surface area contributed by atoms with Gasteiger partial charge in [-0.2, -0.15) is 0 Å². The molecule has 0 aromatic rings. The largest absolute Gasteiger partial charge is 0.333 e.